The van der Waals surface area contributed by atoms with Gasteiger partial charge in [-0.3, -0.25) is 0 Å². The maximum atomic E-state index is 13.1. The van der Waals surface area contributed by atoms with Gasteiger partial charge in [0.1, 0.15) is 5.82 Å². The van der Waals surface area contributed by atoms with Crippen molar-refractivity contribution in [1.82, 2.24) is 0 Å². The fourth-order valence-electron chi connectivity index (χ4n) is 1.87. The average Bonchev–Trinajstić information content (AvgIpc) is 2.25. The minimum absolute atomic E-state index is 0.237. The zero-order chi connectivity index (χ0) is 12.4. The number of benzene rings is 2. The van der Waals surface area contributed by atoms with Gasteiger partial charge in [0.2, 0.25) is 0 Å². The Bertz CT molecular complexity index is 552. The lowest BCUT2D eigenvalue weighted by molar-refractivity contribution is 0.626. The molecule has 0 radical (unpaired) electrons. The van der Waals surface area contributed by atoms with E-state index in [9.17, 15) is 4.39 Å². The fraction of sp³-hybridized carbons (Fsp3) is 0.143. The van der Waals surface area contributed by atoms with E-state index in [1.54, 1.807) is 6.07 Å². The SMILES string of the molecule is Cc1cc(N)c(Cl)c(Cc2cccc(F)c2)c1. The zero-order valence-electron chi connectivity index (χ0n) is 9.50. The number of nitrogen functional groups attached to an aromatic ring is 1. The molecule has 0 atom stereocenters. The Hall–Kier alpha value is -1.54. The Morgan fingerprint density at radius 3 is 2.71 bits per heavy atom. The summed E-state index contributed by atoms with van der Waals surface area (Å²) in [5, 5.41) is 0.555. The summed E-state index contributed by atoms with van der Waals surface area (Å²) in [4.78, 5) is 0. The topological polar surface area (TPSA) is 26.0 Å². The van der Waals surface area contributed by atoms with Crippen molar-refractivity contribution >= 4 is 17.3 Å². The molecule has 2 rings (SSSR count). The minimum atomic E-state index is -0.237. The molecular weight excluding hydrogens is 237 g/mol. The van der Waals surface area contributed by atoms with Gasteiger partial charge in [-0.2, -0.15) is 0 Å². The molecule has 0 aliphatic rings. The van der Waals surface area contributed by atoms with Crippen molar-refractivity contribution in [2.75, 3.05) is 5.73 Å². The highest BCUT2D eigenvalue weighted by Crippen LogP contribution is 2.27. The molecule has 0 aliphatic heterocycles. The summed E-state index contributed by atoms with van der Waals surface area (Å²) in [6.45, 7) is 1.96. The second kappa shape index (κ2) is 4.76. The first-order chi connectivity index (χ1) is 8.06. The summed E-state index contributed by atoms with van der Waals surface area (Å²) in [5.41, 5.74) is 9.23. The van der Waals surface area contributed by atoms with Crippen LogP contribution in [0.5, 0.6) is 0 Å². The van der Waals surface area contributed by atoms with Crippen molar-refractivity contribution in [3.63, 3.8) is 0 Å². The molecule has 2 N–H and O–H groups in total. The average molecular weight is 250 g/mol. The van der Waals surface area contributed by atoms with E-state index in [0.717, 1.165) is 16.7 Å². The number of aryl methyl sites for hydroxylation is 1. The Balaban J connectivity index is 2.36. The number of halogens is 2. The van der Waals surface area contributed by atoms with Gasteiger partial charge in [-0.05, 0) is 48.2 Å². The largest absolute Gasteiger partial charge is 0.398 e. The lowest BCUT2D eigenvalue weighted by Crippen LogP contribution is -1.96. The molecule has 0 spiro atoms. The standard InChI is InChI=1S/C14H13ClFN/c1-9-5-11(14(15)13(17)6-9)7-10-3-2-4-12(16)8-10/h2-6,8H,7,17H2,1H3. The molecule has 0 heterocycles. The predicted octanol–water partition coefficient (Wildman–Crippen LogP) is 3.96. The van der Waals surface area contributed by atoms with Crippen LogP contribution in [0.2, 0.25) is 5.02 Å². The molecule has 0 saturated carbocycles. The first-order valence-corrected chi connectivity index (χ1v) is 5.73. The zero-order valence-corrected chi connectivity index (χ0v) is 10.3. The summed E-state index contributed by atoms with van der Waals surface area (Å²) in [6.07, 6.45) is 0.586. The molecule has 0 fully saturated rings. The molecule has 0 saturated heterocycles. The maximum Gasteiger partial charge on any atom is 0.123 e. The summed E-state index contributed by atoms with van der Waals surface area (Å²) in [6, 6.07) is 10.3. The van der Waals surface area contributed by atoms with E-state index in [1.807, 2.05) is 25.1 Å². The third-order valence-electron chi connectivity index (χ3n) is 2.60. The molecule has 0 unspecified atom stereocenters. The minimum Gasteiger partial charge on any atom is -0.398 e. The van der Waals surface area contributed by atoms with Crippen LogP contribution in [0.4, 0.5) is 10.1 Å². The Labute approximate surface area is 105 Å². The van der Waals surface area contributed by atoms with Gasteiger partial charge >= 0.3 is 0 Å². The van der Waals surface area contributed by atoms with E-state index >= 15 is 0 Å². The molecule has 2 aromatic rings. The van der Waals surface area contributed by atoms with E-state index in [0.29, 0.717) is 17.1 Å². The van der Waals surface area contributed by atoms with Gasteiger partial charge in [-0.1, -0.05) is 29.8 Å². The number of rotatable bonds is 2. The molecule has 17 heavy (non-hydrogen) atoms. The van der Waals surface area contributed by atoms with Crippen LogP contribution in [-0.2, 0) is 6.42 Å². The molecular formula is C14H13ClFN. The van der Waals surface area contributed by atoms with E-state index in [4.69, 9.17) is 17.3 Å². The second-order valence-corrected chi connectivity index (χ2v) is 4.51. The van der Waals surface area contributed by atoms with Gasteiger partial charge in [0.15, 0.2) is 0 Å². The Morgan fingerprint density at radius 1 is 1.24 bits per heavy atom. The molecule has 1 nitrogen and oxygen atoms in total. The number of hydrogen-bond donors (Lipinski definition) is 1. The molecule has 0 amide bonds. The highest BCUT2D eigenvalue weighted by molar-refractivity contribution is 6.33. The van der Waals surface area contributed by atoms with Crippen LogP contribution in [-0.4, -0.2) is 0 Å². The fourth-order valence-corrected chi connectivity index (χ4v) is 2.05. The maximum absolute atomic E-state index is 13.1. The molecule has 0 aromatic heterocycles. The summed E-state index contributed by atoms with van der Waals surface area (Å²) < 4.78 is 13.1. The first-order valence-electron chi connectivity index (χ1n) is 5.35. The van der Waals surface area contributed by atoms with E-state index in [-0.39, 0.29) is 5.82 Å². The molecule has 0 bridgehead atoms. The highest BCUT2D eigenvalue weighted by atomic mass is 35.5. The lowest BCUT2D eigenvalue weighted by atomic mass is 10.0. The summed E-state index contributed by atoms with van der Waals surface area (Å²) >= 11 is 6.14. The summed E-state index contributed by atoms with van der Waals surface area (Å²) in [7, 11) is 0. The molecule has 3 heteroatoms. The van der Waals surface area contributed by atoms with Crippen LogP contribution in [0.1, 0.15) is 16.7 Å². The summed E-state index contributed by atoms with van der Waals surface area (Å²) in [5.74, 6) is -0.237. The Kier molecular flexibility index (Phi) is 3.34. The Morgan fingerprint density at radius 2 is 2.00 bits per heavy atom. The van der Waals surface area contributed by atoms with E-state index in [2.05, 4.69) is 0 Å². The third kappa shape index (κ3) is 2.77. The number of hydrogen-bond acceptors (Lipinski definition) is 1. The van der Waals surface area contributed by atoms with Crippen LogP contribution < -0.4 is 5.73 Å². The van der Waals surface area contributed by atoms with Gasteiger partial charge in [-0.15, -0.1) is 0 Å². The normalized spacial score (nSPS) is 10.5. The molecule has 88 valence electrons. The van der Waals surface area contributed by atoms with Crippen molar-refractivity contribution in [3.8, 4) is 0 Å². The van der Waals surface area contributed by atoms with E-state index in [1.165, 1.54) is 12.1 Å². The van der Waals surface area contributed by atoms with Crippen LogP contribution in [0.25, 0.3) is 0 Å². The number of anilines is 1. The van der Waals surface area contributed by atoms with Gasteiger partial charge in [-0.25, -0.2) is 4.39 Å². The first kappa shape index (κ1) is 11.9. The van der Waals surface area contributed by atoms with Crippen molar-refractivity contribution in [2.24, 2.45) is 0 Å². The quantitative estimate of drug-likeness (QED) is 0.801. The van der Waals surface area contributed by atoms with Crippen molar-refractivity contribution < 1.29 is 4.39 Å². The van der Waals surface area contributed by atoms with Gasteiger partial charge in [0, 0.05) is 0 Å². The van der Waals surface area contributed by atoms with Gasteiger partial charge in [0.25, 0.3) is 0 Å². The number of nitrogens with two attached hydrogens (primary N) is 1. The van der Waals surface area contributed by atoms with E-state index < -0.39 is 0 Å². The van der Waals surface area contributed by atoms with Crippen LogP contribution in [0, 0.1) is 12.7 Å². The smallest absolute Gasteiger partial charge is 0.123 e. The van der Waals surface area contributed by atoms with Crippen LogP contribution in [0.3, 0.4) is 0 Å². The van der Waals surface area contributed by atoms with Crippen LogP contribution >= 0.6 is 11.6 Å². The highest BCUT2D eigenvalue weighted by Gasteiger charge is 2.06. The second-order valence-electron chi connectivity index (χ2n) is 4.13. The van der Waals surface area contributed by atoms with Crippen molar-refractivity contribution in [1.29, 1.82) is 0 Å². The third-order valence-corrected chi connectivity index (χ3v) is 3.07. The van der Waals surface area contributed by atoms with Gasteiger partial charge < -0.3 is 5.73 Å². The molecule has 2 aromatic carbocycles. The van der Waals surface area contributed by atoms with Crippen LogP contribution in [0.15, 0.2) is 36.4 Å². The van der Waals surface area contributed by atoms with Crippen molar-refractivity contribution in [2.45, 2.75) is 13.3 Å². The van der Waals surface area contributed by atoms with Crippen molar-refractivity contribution in [3.05, 3.63) is 63.9 Å². The lowest BCUT2D eigenvalue weighted by Gasteiger charge is -2.09. The monoisotopic (exact) mass is 249 g/mol. The molecule has 0 aliphatic carbocycles. The predicted molar refractivity (Wildman–Crippen MR) is 69.8 cm³/mol. The van der Waals surface area contributed by atoms with Gasteiger partial charge in [0.05, 0.1) is 10.7 Å².